The molecule has 172 valence electrons. The highest BCUT2D eigenvalue weighted by Gasteiger charge is 2.51. The quantitative estimate of drug-likeness (QED) is 0.576. The molecular formula is C25H26N2O5S. The maximum atomic E-state index is 13.2. The van der Waals surface area contributed by atoms with Crippen LogP contribution in [0.3, 0.4) is 0 Å². The van der Waals surface area contributed by atoms with Gasteiger partial charge in [0.15, 0.2) is 11.5 Å². The summed E-state index contributed by atoms with van der Waals surface area (Å²) < 4.78 is 25.5. The lowest BCUT2D eigenvalue weighted by Crippen LogP contribution is -2.23. The van der Waals surface area contributed by atoms with Crippen LogP contribution < -0.4 is 14.2 Å². The van der Waals surface area contributed by atoms with Crippen molar-refractivity contribution in [1.82, 2.24) is 9.71 Å². The van der Waals surface area contributed by atoms with Gasteiger partial charge in [0.1, 0.15) is 16.8 Å². The zero-order valence-corrected chi connectivity index (χ0v) is 19.3. The number of Topliss-reactive ketones (excluding diaryl/α,β-unsaturated/α-hetero) is 1. The third-order valence-electron chi connectivity index (χ3n) is 6.28. The third kappa shape index (κ3) is 4.29. The number of aromatic nitrogens is 1. The van der Waals surface area contributed by atoms with Crippen molar-refractivity contribution >= 4 is 16.8 Å². The maximum absolute atomic E-state index is 13.2. The number of carbonyl (C=O) groups is 1. The minimum absolute atomic E-state index is 0. The molecule has 8 heteroatoms. The van der Waals surface area contributed by atoms with Crippen LogP contribution in [0.25, 0.3) is 11.1 Å². The van der Waals surface area contributed by atoms with Crippen molar-refractivity contribution in [3.8, 4) is 22.6 Å². The van der Waals surface area contributed by atoms with E-state index in [2.05, 4.69) is 9.71 Å². The molecule has 3 N–H and O–H groups in total. The van der Waals surface area contributed by atoms with Gasteiger partial charge in [-0.05, 0) is 73.8 Å². The molecule has 1 aliphatic heterocycles. The fourth-order valence-corrected chi connectivity index (χ4v) is 4.89. The van der Waals surface area contributed by atoms with Gasteiger partial charge >= 0.3 is 0 Å². The van der Waals surface area contributed by atoms with Crippen molar-refractivity contribution in [2.45, 2.75) is 36.5 Å². The molecule has 3 aromatic rings. The number of fused-ring (bicyclic) bond motifs is 1. The van der Waals surface area contributed by atoms with Crippen LogP contribution in [-0.4, -0.2) is 34.3 Å². The number of nitrogens with zero attached hydrogens (tertiary/aromatic N) is 1. The van der Waals surface area contributed by atoms with E-state index in [4.69, 9.17) is 9.47 Å². The topological polar surface area (TPSA) is 109 Å². The Morgan fingerprint density at radius 2 is 1.82 bits per heavy atom. The molecule has 2 aromatic carbocycles. The molecule has 1 fully saturated rings. The molecular weight excluding hydrogens is 440 g/mol. The lowest BCUT2D eigenvalue weighted by atomic mass is 9.88. The highest BCUT2D eigenvalue weighted by atomic mass is 32.2. The van der Waals surface area contributed by atoms with Gasteiger partial charge in [-0.1, -0.05) is 18.2 Å². The summed E-state index contributed by atoms with van der Waals surface area (Å²) in [6.07, 6.45) is 3.82. The molecule has 0 amide bonds. The fraction of sp³-hybridized carbons (Fsp3) is 0.280. The predicted molar refractivity (Wildman–Crippen MR) is 126 cm³/mol. The van der Waals surface area contributed by atoms with Gasteiger partial charge in [0.25, 0.3) is 0 Å². The third-order valence-corrected chi connectivity index (χ3v) is 7.35. The van der Waals surface area contributed by atoms with Gasteiger partial charge in [-0.15, -0.1) is 0 Å². The Kier molecular flexibility index (Phi) is 6.34. The molecule has 0 spiro atoms. The van der Waals surface area contributed by atoms with Crippen molar-refractivity contribution in [3.05, 3.63) is 71.5 Å². The van der Waals surface area contributed by atoms with Crippen molar-refractivity contribution < 1.29 is 24.0 Å². The van der Waals surface area contributed by atoms with E-state index in [9.17, 15) is 9.00 Å². The Bertz CT molecular complexity index is 1220. The second-order valence-corrected chi connectivity index (χ2v) is 9.66. The molecule has 0 saturated heterocycles. The van der Waals surface area contributed by atoms with E-state index in [1.165, 1.54) is 0 Å². The summed E-state index contributed by atoms with van der Waals surface area (Å²) in [7, 11) is 0.456. The molecule has 1 aromatic heterocycles. The van der Waals surface area contributed by atoms with Gasteiger partial charge in [0, 0.05) is 23.9 Å². The Morgan fingerprint density at radius 1 is 1.09 bits per heavy atom. The summed E-state index contributed by atoms with van der Waals surface area (Å²) in [6.45, 7) is 2.25. The van der Waals surface area contributed by atoms with Crippen LogP contribution in [0, 0.1) is 6.92 Å². The first-order chi connectivity index (χ1) is 15.5. The van der Waals surface area contributed by atoms with Gasteiger partial charge in [-0.25, -0.2) is 8.93 Å². The number of rotatable bonds is 7. The zero-order chi connectivity index (χ0) is 22.3. The average molecular weight is 467 g/mol. The number of hydrogen-bond acceptors (Lipinski definition) is 5. The van der Waals surface area contributed by atoms with Gasteiger partial charge in [-0.2, -0.15) is 0 Å². The molecule has 1 saturated carbocycles. The van der Waals surface area contributed by atoms with Crippen LogP contribution in [0.1, 0.15) is 29.7 Å². The Labute approximate surface area is 195 Å². The predicted octanol–water partition coefficient (Wildman–Crippen LogP) is 3.05. The number of ether oxygens (including phenoxy) is 2. The molecule has 1 unspecified atom stereocenters. The van der Waals surface area contributed by atoms with Gasteiger partial charge in [0.05, 0.1) is 10.3 Å². The second kappa shape index (κ2) is 9.05. The van der Waals surface area contributed by atoms with Gasteiger partial charge in [0.2, 0.25) is 6.79 Å². The molecule has 1 aliphatic carbocycles. The standard InChI is InChI=1S/C25H24N2O4S.H2O/c1-16-11-19(27-14-21(16)17-3-6-20(7-4-17)32(29)26-2)13-24(28)25(9-10-25)18-5-8-22-23(12-18)31-15-30-22;/h3-8,11-12,14,26H,9-10,13,15H2,1-2H3;1H2. The van der Waals surface area contributed by atoms with E-state index in [0.717, 1.165) is 51.4 Å². The SMILES string of the molecule is CNS(=O)c1ccc(-c2cnc(CC(=O)C3(c4ccc5c(c4)OCO5)CC3)cc2C)cc1.O. The largest absolute Gasteiger partial charge is 0.454 e. The summed E-state index contributed by atoms with van der Waals surface area (Å²) in [5.74, 6) is 1.63. The first-order valence-electron chi connectivity index (χ1n) is 10.6. The first kappa shape index (κ1) is 23.1. The van der Waals surface area contributed by atoms with Crippen LogP contribution in [-0.2, 0) is 27.6 Å². The zero-order valence-electron chi connectivity index (χ0n) is 18.5. The lowest BCUT2D eigenvalue weighted by Gasteiger charge is -2.15. The molecule has 2 aliphatic rings. The van der Waals surface area contributed by atoms with Crippen LogP contribution in [0.4, 0.5) is 0 Å². The summed E-state index contributed by atoms with van der Waals surface area (Å²) in [6, 6.07) is 15.4. The molecule has 7 nitrogen and oxygen atoms in total. The van der Waals surface area contributed by atoms with E-state index in [0.29, 0.717) is 12.2 Å². The fourth-order valence-electron chi connectivity index (χ4n) is 4.27. The van der Waals surface area contributed by atoms with Crippen LogP contribution in [0.15, 0.2) is 59.6 Å². The summed E-state index contributed by atoms with van der Waals surface area (Å²) in [5, 5.41) is 0. The van der Waals surface area contributed by atoms with Crippen molar-refractivity contribution in [2.24, 2.45) is 0 Å². The minimum atomic E-state index is -1.21. The highest BCUT2D eigenvalue weighted by Crippen LogP contribution is 2.51. The maximum Gasteiger partial charge on any atom is 0.231 e. The van der Waals surface area contributed by atoms with Crippen LogP contribution in [0.5, 0.6) is 11.5 Å². The minimum Gasteiger partial charge on any atom is -0.454 e. The molecule has 5 rings (SSSR count). The van der Waals surface area contributed by atoms with E-state index < -0.39 is 16.4 Å². The normalized spacial score (nSPS) is 16.1. The number of carbonyl (C=O) groups excluding carboxylic acids is 1. The number of ketones is 1. The van der Waals surface area contributed by atoms with E-state index in [1.807, 2.05) is 61.7 Å². The first-order valence-corrected chi connectivity index (χ1v) is 11.7. The molecule has 1 atom stereocenters. The smallest absolute Gasteiger partial charge is 0.231 e. The van der Waals surface area contributed by atoms with Crippen LogP contribution >= 0.6 is 0 Å². The van der Waals surface area contributed by atoms with Gasteiger partial charge in [-0.3, -0.25) is 9.78 Å². The van der Waals surface area contributed by atoms with Crippen molar-refractivity contribution in [2.75, 3.05) is 13.8 Å². The number of pyridine rings is 1. The highest BCUT2D eigenvalue weighted by molar-refractivity contribution is 7.83. The lowest BCUT2D eigenvalue weighted by molar-refractivity contribution is -0.120. The molecule has 33 heavy (non-hydrogen) atoms. The molecule has 2 heterocycles. The molecule has 0 bridgehead atoms. The van der Waals surface area contributed by atoms with Gasteiger partial charge < -0.3 is 14.9 Å². The number of aryl methyl sites for hydroxylation is 1. The van der Waals surface area contributed by atoms with Crippen molar-refractivity contribution in [3.63, 3.8) is 0 Å². The summed E-state index contributed by atoms with van der Waals surface area (Å²) >= 11 is 0. The number of hydrogen-bond donors (Lipinski definition) is 1. The van der Waals surface area contributed by atoms with Crippen molar-refractivity contribution in [1.29, 1.82) is 0 Å². The number of nitrogens with one attached hydrogen (secondary N) is 1. The van der Waals surface area contributed by atoms with Crippen LogP contribution in [0.2, 0.25) is 0 Å². The second-order valence-electron chi connectivity index (χ2n) is 8.24. The van der Waals surface area contributed by atoms with E-state index in [1.54, 1.807) is 7.05 Å². The summed E-state index contributed by atoms with van der Waals surface area (Å²) in [4.78, 5) is 18.6. The Balaban J connectivity index is 0.00000259. The van der Waals surface area contributed by atoms with E-state index in [-0.39, 0.29) is 18.1 Å². The van der Waals surface area contributed by atoms with E-state index >= 15 is 0 Å². The monoisotopic (exact) mass is 466 g/mol. The Morgan fingerprint density at radius 3 is 2.48 bits per heavy atom. The molecule has 0 radical (unpaired) electrons. The number of benzene rings is 2. The Hall–Kier alpha value is -3.07. The average Bonchev–Trinajstić information content (AvgIpc) is 3.49. The summed E-state index contributed by atoms with van der Waals surface area (Å²) in [5.41, 5.74) is 4.39.